The molecule has 4 nitrogen and oxygen atoms in total. The minimum absolute atomic E-state index is 0.561. The van der Waals surface area contributed by atoms with E-state index in [0.717, 1.165) is 12.7 Å². The van der Waals surface area contributed by atoms with Crippen molar-refractivity contribution in [2.45, 2.75) is 51.9 Å². The van der Waals surface area contributed by atoms with Crippen molar-refractivity contribution in [2.24, 2.45) is 0 Å². The monoisotopic (exact) mass is 336 g/mol. The van der Waals surface area contributed by atoms with E-state index in [9.17, 15) is 0 Å². The first-order valence-corrected chi connectivity index (χ1v) is 16.5. The van der Waals surface area contributed by atoms with Gasteiger partial charge in [-0.2, -0.15) is 0 Å². The molecule has 0 amide bonds. The van der Waals surface area contributed by atoms with Crippen LogP contribution in [0.1, 0.15) is 0 Å². The Labute approximate surface area is 128 Å². The van der Waals surface area contributed by atoms with Crippen molar-refractivity contribution < 1.29 is 17.7 Å². The van der Waals surface area contributed by atoms with Gasteiger partial charge in [-0.25, -0.2) is 0 Å². The van der Waals surface area contributed by atoms with Crippen molar-refractivity contribution in [3.63, 3.8) is 0 Å². The van der Waals surface area contributed by atoms with Gasteiger partial charge in [0.15, 0.2) is 16.6 Å². The standard InChI is InChI=1S/C13H32O4Si3/c1-9-14-10-11-15-12-13-19(5,6)17-20(7,8)16-18(2,3)4/h9H,1,10-13H2,2-8H3. The van der Waals surface area contributed by atoms with Crippen LogP contribution in [-0.4, -0.2) is 45.0 Å². The molecule has 0 N–H and O–H groups in total. The highest BCUT2D eigenvalue weighted by Gasteiger charge is 2.37. The molecule has 0 aliphatic carbocycles. The Balaban J connectivity index is 4.07. The van der Waals surface area contributed by atoms with Crippen LogP contribution in [0, 0.1) is 0 Å². The van der Waals surface area contributed by atoms with Gasteiger partial charge in [0.1, 0.15) is 6.61 Å². The van der Waals surface area contributed by atoms with Gasteiger partial charge in [-0.05, 0) is 51.9 Å². The zero-order valence-corrected chi connectivity index (χ0v) is 17.2. The molecule has 0 saturated heterocycles. The maximum Gasteiger partial charge on any atom is 0.311 e. The second-order valence-corrected chi connectivity index (χ2v) is 19.6. The minimum atomic E-state index is -2.03. The van der Waals surface area contributed by atoms with Gasteiger partial charge in [-0.3, -0.25) is 0 Å². The Bertz CT molecular complexity index is 288. The van der Waals surface area contributed by atoms with Gasteiger partial charge in [0.25, 0.3) is 0 Å². The van der Waals surface area contributed by atoms with E-state index in [1.807, 2.05) is 0 Å². The predicted octanol–water partition coefficient (Wildman–Crippen LogP) is 3.94. The SMILES string of the molecule is C=COCCOCC[Si](C)(C)O[Si](C)(C)O[Si](C)(C)C. The lowest BCUT2D eigenvalue weighted by Crippen LogP contribution is -2.51. The van der Waals surface area contributed by atoms with Crippen molar-refractivity contribution in [3.8, 4) is 0 Å². The van der Waals surface area contributed by atoms with E-state index >= 15 is 0 Å². The quantitative estimate of drug-likeness (QED) is 0.325. The molecule has 0 fully saturated rings. The molecule has 120 valence electrons. The molecule has 0 saturated carbocycles. The molecule has 0 bridgehead atoms. The second-order valence-electron chi connectivity index (χ2n) is 6.88. The summed E-state index contributed by atoms with van der Waals surface area (Å²) in [4.78, 5) is 0. The van der Waals surface area contributed by atoms with Gasteiger partial charge < -0.3 is 17.7 Å². The van der Waals surface area contributed by atoms with Crippen LogP contribution < -0.4 is 0 Å². The highest BCUT2D eigenvalue weighted by Crippen LogP contribution is 2.22. The van der Waals surface area contributed by atoms with Crippen molar-refractivity contribution in [2.75, 3.05) is 19.8 Å². The fraction of sp³-hybridized carbons (Fsp3) is 0.846. The van der Waals surface area contributed by atoms with E-state index < -0.39 is 25.2 Å². The fourth-order valence-electron chi connectivity index (χ4n) is 2.09. The molecule has 0 spiro atoms. The molecular formula is C13H32O4Si3. The molecule has 20 heavy (non-hydrogen) atoms. The number of rotatable bonds is 11. The van der Waals surface area contributed by atoms with Crippen molar-refractivity contribution in [3.05, 3.63) is 12.8 Å². The lowest BCUT2D eigenvalue weighted by Gasteiger charge is -2.37. The van der Waals surface area contributed by atoms with Crippen LogP contribution in [-0.2, 0) is 17.7 Å². The topological polar surface area (TPSA) is 36.9 Å². The maximum absolute atomic E-state index is 6.39. The lowest BCUT2D eigenvalue weighted by molar-refractivity contribution is 0.0920. The summed E-state index contributed by atoms with van der Waals surface area (Å²) in [6.07, 6.45) is 1.44. The van der Waals surface area contributed by atoms with Gasteiger partial charge in [0, 0.05) is 6.61 Å². The van der Waals surface area contributed by atoms with Gasteiger partial charge in [0.05, 0.1) is 12.9 Å². The Morgan fingerprint density at radius 2 is 1.45 bits per heavy atom. The first kappa shape index (κ1) is 20.1. The first-order chi connectivity index (χ1) is 8.97. The largest absolute Gasteiger partial charge is 0.499 e. The van der Waals surface area contributed by atoms with Crippen LogP contribution in [0.5, 0.6) is 0 Å². The molecule has 0 aromatic carbocycles. The molecule has 0 aromatic rings. The normalized spacial score (nSPS) is 13.3. The minimum Gasteiger partial charge on any atom is -0.499 e. The molecule has 0 aromatic heterocycles. The van der Waals surface area contributed by atoms with E-state index in [1.165, 1.54) is 6.26 Å². The molecule has 0 heterocycles. The summed E-state index contributed by atoms with van der Waals surface area (Å²) in [5, 5.41) is 0. The first-order valence-electron chi connectivity index (χ1n) is 7.18. The fourth-order valence-corrected chi connectivity index (χ4v) is 14.9. The van der Waals surface area contributed by atoms with Crippen LogP contribution >= 0.6 is 0 Å². The second kappa shape index (κ2) is 8.50. The zero-order valence-electron chi connectivity index (χ0n) is 14.2. The smallest absolute Gasteiger partial charge is 0.311 e. The average Bonchev–Trinajstić information content (AvgIpc) is 2.17. The molecule has 7 heteroatoms. The van der Waals surface area contributed by atoms with Crippen LogP contribution in [0.3, 0.4) is 0 Å². The van der Waals surface area contributed by atoms with Crippen molar-refractivity contribution in [1.29, 1.82) is 0 Å². The van der Waals surface area contributed by atoms with Gasteiger partial charge >= 0.3 is 8.56 Å². The molecule has 0 aliphatic heterocycles. The lowest BCUT2D eigenvalue weighted by atomic mass is 10.7. The van der Waals surface area contributed by atoms with E-state index in [-0.39, 0.29) is 0 Å². The molecule has 0 rings (SSSR count). The summed E-state index contributed by atoms with van der Waals surface area (Å²) in [6.45, 7) is 20.8. The Morgan fingerprint density at radius 3 is 1.95 bits per heavy atom. The Kier molecular flexibility index (Phi) is 8.53. The van der Waals surface area contributed by atoms with E-state index in [0.29, 0.717) is 13.2 Å². The van der Waals surface area contributed by atoms with Crippen molar-refractivity contribution in [1.82, 2.24) is 0 Å². The summed E-state index contributed by atoms with van der Waals surface area (Å²) in [7, 11) is -5.30. The van der Waals surface area contributed by atoms with Crippen LogP contribution in [0.25, 0.3) is 0 Å². The molecule has 0 aliphatic rings. The Morgan fingerprint density at radius 1 is 0.850 bits per heavy atom. The zero-order chi connectivity index (χ0) is 15.9. The summed E-state index contributed by atoms with van der Waals surface area (Å²) < 4.78 is 23.2. The van der Waals surface area contributed by atoms with Crippen LogP contribution in [0.4, 0.5) is 0 Å². The third kappa shape index (κ3) is 11.9. The number of hydrogen-bond acceptors (Lipinski definition) is 4. The molecular weight excluding hydrogens is 304 g/mol. The Hall–Kier alpha value is 0.0706. The maximum atomic E-state index is 6.39. The average molecular weight is 337 g/mol. The summed E-state index contributed by atoms with van der Waals surface area (Å²) in [6, 6.07) is 0.979. The molecule has 0 unspecified atom stereocenters. The molecule has 0 atom stereocenters. The number of hydrogen-bond donors (Lipinski definition) is 0. The van der Waals surface area contributed by atoms with E-state index in [1.54, 1.807) is 0 Å². The third-order valence-electron chi connectivity index (χ3n) is 2.39. The summed E-state index contributed by atoms with van der Waals surface area (Å²) in [5.74, 6) is 0. The summed E-state index contributed by atoms with van der Waals surface area (Å²) in [5.41, 5.74) is 0. The van der Waals surface area contributed by atoms with Gasteiger partial charge in [0.2, 0.25) is 0 Å². The highest BCUT2D eigenvalue weighted by atomic mass is 28.5. The predicted molar refractivity (Wildman–Crippen MR) is 92.3 cm³/mol. The third-order valence-corrected chi connectivity index (χ3v) is 12.4. The van der Waals surface area contributed by atoms with Gasteiger partial charge in [-0.15, -0.1) is 0 Å². The van der Waals surface area contributed by atoms with E-state index in [2.05, 4.69) is 52.4 Å². The summed E-state index contributed by atoms with van der Waals surface area (Å²) >= 11 is 0. The van der Waals surface area contributed by atoms with Crippen LogP contribution in [0.15, 0.2) is 12.8 Å². The van der Waals surface area contributed by atoms with Crippen LogP contribution in [0.2, 0.25) is 51.9 Å². The highest BCUT2D eigenvalue weighted by molar-refractivity contribution is 6.87. The molecule has 0 radical (unpaired) electrons. The van der Waals surface area contributed by atoms with Gasteiger partial charge in [-0.1, -0.05) is 6.58 Å². The number of ether oxygens (including phenoxy) is 2. The van der Waals surface area contributed by atoms with Crippen molar-refractivity contribution >= 4 is 25.2 Å². The van der Waals surface area contributed by atoms with E-state index in [4.69, 9.17) is 17.7 Å².